The van der Waals surface area contributed by atoms with Gasteiger partial charge in [0.1, 0.15) is 11.9 Å². The molecule has 3 rings (SSSR count). The fraction of sp³-hybridized carbons (Fsp3) is 0.375. The molecule has 1 aliphatic rings. The zero-order valence-corrected chi connectivity index (χ0v) is 14.4. The van der Waals surface area contributed by atoms with Crippen molar-refractivity contribution in [3.8, 4) is 11.8 Å². The lowest BCUT2D eigenvalue weighted by atomic mass is 10.1. The van der Waals surface area contributed by atoms with E-state index in [1.165, 1.54) is 42.0 Å². The van der Waals surface area contributed by atoms with Crippen molar-refractivity contribution in [2.75, 3.05) is 20.2 Å². The molecule has 0 amide bonds. The highest BCUT2D eigenvalue weighted by molar-refractivity contribution is 7.89. The molecule has 134 valence electrons. The molecule has 0 N–H and O–H groups in total. The van der Waals surface area contributed by atoms with Crippen LogP contribution in [-0.2, 0) is 10.0 Å². The van der Waals surface area contributed by atoms with E-state index < -0.39 is 15.8 Å². The van der Waals surface area contributed by atoms with E-state index in [2.05, 4.69) is 9.97 Å². The minimum absolute atomic E-state index is 0.0608. The van der Waals surface area contributed by atoms with Crippen molar-refractivity contribution in [2.24, 2.45) is 0 Å². The van der Waals surface area contributed by atoms with Gasteiger partial charge in [0.25, 0.3) is 0 Å². The fourth-order valence-corrected chi connectivity index (χ4v) is 4.20. The van der Waals surface area contributed by atoms with E-state index in [1.807, 2.05) is 0 Å². The predicted molar refractivity (Wildman–Crippen MR) is 87.4 cm³/mol. The van der Waals surface area contributed by atoms with Crippen LogP contribution in [0.15, 0.2) is 41.6 Å². The van der Waals surface area contributed by atoms with Gasteiger partial charge in [0.2, 0.25) is 21.8 Å². The van der Waals surface area contributed by atoms with E-state index >= 15 is 0 Å². The summed E-state index contributed by atoms with van der Waals surface area (Å²) in [4.78, 5) is 8.02. The quantitative estimate of drug-likeness (QED) is 0.802. The van der Waals surface area contributed by atoms with E-state index in [9.17, 15) is 12.8 Å². The fourth-order valence-electron chi connectivity index (χ4n) is 2.65. The average molecular weight is 367 g/mol. The Hall–Kier alpha value is -2.26. The summed E-state index contributed by atoms with van der Waals surface area (Å²) < 4.78 is 50.8. The molecule has 0 spiro atoms. The summed E-state index contributed by atoms with van der Waals surface area (Å²) >= 11 is 0. The number of nitrogens with zero attached hydrogens (tertiary/aromatic N) is 3. The number of hydrogen-bond acceptors (Lipinski definition) is 6. The van der Waals surface area contributed by atoms with Crippen LogP contribution in [0.2, 0.25) is 0 Å². The summed E-state index contributed by atoms with van der Waals surface area (Å²) in [5, 5.41) is 0. The number of halogens is 1. The normalized spacial score (nSPS) is 18.7. The maximum absolute atomic E-state index is 13.4. The van der Waals surface area contributed by atoms with Gasteiger partial charge in [0.05, 0.1) is 30.9 Å². The number of hydrogen-bond donors (Lipinski definition) is 0. The van der Waals surface area contributed by atoms with E-state index in [-0.39, 0.29) is 23.4 Å². The molecule has 7 nitrogen and oxygen atoms in total. The summed E-state index contributed by atoms with van der Waals surface area (Å²) in [6.45, 7) is 0.528. The highest BCUT2D eigenvalue weighted by Gasteiger charge is 2.31. The van der Waals surface area contributed by atoms with E-state index in [1.54, 1.807) is 0 Å². The molecule has 0 radical (unpaired) electrons. The molecule has 25 heavy (non-hydrogen) atoms. The molecule has 0 aliphatic carbocycles. The van der Waals surface area contributed by atoms with Gasteiger partial charge in [-0.25, -0.2) is 12.8 Å². The van der Waals surface area contributed by atoms with Crippen LogP contribution < -0.4 is 9.47 Å². The highest BCUT2D eigenvalue weighted by Crippen LogP contribution is 2.23. The standard InChI is InChI=1S/C16H18FN3O4S/c1-23-15-9-18-10-16(19-15)24-13-5-3-7-20(11-13)25(21,22)14-6-2-4-12(17)8-14/h2,4,6,8-10,13H,3,5,7,11H2,1H3. The maximum atomic E-state index is 13.4. The van der Waals surface area contributed by atoms with Crippen molar-refractivity contribution in [1.29, 1.82) is 0 Å². The Bertz CT molecular complexity index is 847. The molecule has 1 fully saturated rings. The van der Waals surface area contributed by atoms with Gasteiger partial charge < -0.3 is 9.47 Å². The second-order valence-electron chi connectivity index (χ2n) is 5.60. The van der Waals surface area contributed by atoms with E-state index in [0.29, 0.717) is 25.3 Å². The number of aromatic nitrogens is 2. The summed E-state index contributed by atoms with van der Waals surface area (Å²) in [5.41, 5.74) is 0. The van der Waals surface area contributed by atoms with Crippen LogP contribution in [0.4, 0.5) is 4.39 Å². The SMILES string of the molecule is COc1cncc(OC2CCCN(S(=O)(=O)c3cccc(F)c3)C2)n1. The van der Waals surface area contributed by atoms with E-state index in [0.717, 1.165) is 6.07 Å². The summed E-state index contributed by atoms with van der Waals surface area (Å²) in [5.74, 6) is 0.00411. The molecular weight excluding hydrogens is 349 g/mol. The first kappa shape index (κ1) is 17.6. The van der Waals surface area contributed by atoms with Gasteiger partial charge in [0.15, 0.2) is 0 Å². The van der Waals surface area contributed by atoms with Gasteiger partial charge in [-0.1, -0.05) is 6.07 Å². The third-order valence-electron chi connectivity index (χ3n) is 3.86. The smallest absolute Gasteiger partial charge is 0.243 e. The average Bonchev–Trinajstić information content (AvgIpc) is 2.62. The van der Waals surface area contributed by atoms with Gasteiger partial charge in [-0.15, -0.1) is 0 Å². The summed E-state index contributed by atoms with van der Waals surface area (Å²) in [6, 6.07) is 5.00. The molecule has 1 unspecified atom stereocenters. The third-order valence-corrected chi connectivity index (χ3v) is 5.72. The minimum atomic E-state index is -3.77. The zero-order valence-electron chi connectivity index (χ0n) is 13.6. The van der Waals surface area contributed by atoms with Crippen LogP contribution in [0.25, 0.3) is 0 Å². The molecular formula is C16H18FN3O4S. The van der Waals surface area contributed by atoms with Crippen molar-refractivity contribution in [2.45, 2.75) is 23.8 Å². The highest BCUT2D eigenvalue weighted by atomic mass is 32.2. The second-order valence-corrected chi connectivity index (χ2v) is 7.54. The lowest BCUT2D eigenvalue weighted by molar-refractivity contribution is 0.123. The molecule has 1 aromatic heterocycles. The molecule has 2 heterocycles. The third kappa shape index (κ3) is 4.05. The van der Waals surface area contributed by atoms with Crippen molar-refractivity contribution in [3.05, 3.63) is 42.5 Å². The number of ether oxygens (including phenoxy) is 2. The van der Waals surface area contributed by atoms with Crippen LogP contribution in [0.5, 0.6) is 11.8 Å². The van der Waals surface area contributed by atoms with Crippen LogP contribution in [0, 0.1) is 5.82 Å². The monoisotopic (exact) mass is 367 g/mol. The predicted octanol–water partition coefficient (Wildman–Crippen LogP) is 1.86. The van der Waals surface area contributed by atoms with Crippen molar-refractivity contribution in [3.63, 3.8) is 0 Å². The first-order valence-corrected chi connectivity index (χ1v) is 9.21. The largest absolute Gasteiger partial charge is 0.480 e. The maximum Gasteiger partial charge on any atom is 0.243 e. The molecule has 1 saturated heterocycles. The van der Waals surface area contributed by atoms with Gasteiger partial charge in [-0.05, 0) is 31.0 Å². The first-order chi connectivity index (χ1) is 12.0. The lowest BCUT2D eigenvalue weighted by Gasteiger charge is -2.31. The Labute approximate surface area is 145 Å². The summed E-state index contributed by atoms with van der Waals surface area (Å²) in [7, 11) is -2.30. The Balaban J connectivity index is 1.74. The number of benzene rings is 1. The minimum Gasteiger partial charge on any atom is -0.480 e. The Morgan fingerprint density at radius 2 is 2.08 bits per heavy atom. The molecule has 2 aromatic rings. The van der Waals surface area contributed by atoms with Gasteiger partial charge >= 0.3 is 0 Å². The molecule has 1 aromatic carbocycles. The van der Waals surface area contributed by atoms with Crippen molar-refractivity contribution >= 4 is 10.0 Å². The van der Waals surface area contributed by atoms with Gasteiger partial charge in [-0.3, -0.25) is 4.98 Å². The zero-order chi connectivity index (χ0) is 17.9. The van der Waals surface area contributed by atoms with E-state index in [4.69, 9.17) is 9.47 Å². The Morgan fingerprint density at radius 3 is 2.84 bits per heavy atom. The number of rotatable bonds is 5. The van der Waals surface area contributed by atoms with Crippen molar-refractivity contribution in [1.82, 2.24) is 14.3 Å². The summed E-state index contributed by atoms with van der Waals surface area (Å²) in [6.07, 6.45) is 3.86. The topological polar surface area (TPSA) is 81.6 Å². The lowest BCUT2D eigenvalue weighted by Crippen LogP contribution is -2.44. The molecule has 1 atom stereocenters. The van der Waals surface area contributed by atoms with Crippen molar-refractivity contribution < 1.29 is 22.3 Å². The molecule has 9 heteroatoms. The van der Waals surface area contributed by atoms with Crippen LogP contribution in [0.1, 0.15) is 12.8 Å². The molecule has 0 bridgehead atoms. The second kappa shape index (κ2) is 7.32. The van der Waals surface area contributed by atoms with Gasteiger partial charge in [-0.2, -0.15) is 9.29 Å². The van der Waals surface area contributed by atoms with Crippen LogP contribution in [-0.4, -0.2) is 49.0 Å². The Kier molecular flexibility index (Phi) is 5.14. The van der Waals surface area contributed by atoms with Crippen LogP contribution in [0.3, 0.4) is 0 Å². The number of piperidine rings is 1. The first-order valence-electron chi connectivity index (χ1n) is 7.77. The van der Waals surface area contributed by atoms with Crippen LogP contribution >= 0.6 is 0 Å². The van der Waals surface area contributed by atoms with Gasteiger partial charge in [0, 0.05) is 6.54 Å². The number of sulfonamides is 1. The Morgan fingerprint density at radius 1 is 1.28 bits per heavy atom. The molecule has 0 saturated carbocycles. The number of methoxy groups -OCH3 is 1. The molecule has 1 aliphatic heterocycles.